The summed E-state index contributed by atoms with van der Waals surface area (Å²) in [5.41, 5.74) is -2.18. The van der Waals surface area contributed by atoms with Gasteiger partial charge in [-0.1, -0.05) is 0 Å². The maximum Gasteiger partial charge on any atom is 0.372 e. The summed E-state index contributed by atoms with van der Waals surface area (Å²) in [5, 5.41) is 16.2. The normalized spacial score (nSPS) is 26.5. The van der Waals surface area contributed by atoms with Crippen molar-refractivity contribution in [3.8, 4) is 0 Å². The Kier molecular flexibility index (Phi) is 3.93. The van der Waals surface area contributed by atoms with Gasteiger partial charge >= 0.3 is 17.7 Å². The molecule has 2 atom stereocenters. The summed E-state index contributed by atoms with van der Waals surface area (Å²) in [6.07, 6.45) is 2.72. The number of aromatic nitrogens is 2. The van der Waals surface area contributed by atoms with E-state index in [9.17, 15) is 24.3 Å². The lowest BCUT2D eigenvalue weighted by molar-refractivity contribution is -0.256. The van der Waals surface area contributed by atoms with Gasteiger partial charge in [-0.2, -0.15) is 10.2 Å². The van der Waals surface area contributed by atoms with E-state index >= 15 is 0 Å². The van der Waals surface area contributed by atoms with E-state index in [0.717, 1.165) is 0 Å². The number of carboxylic acids is 1. The minimum absolute atomic E-state index is 0.101. The Morgan fingerprint density at radius 2 is 2.25 bits per heavy atom. The maximum absolute atomic E-state index is 12.4. The molecule has 1 aromatic rings. The third-order valence-corrected chi connectivity index (χ3v) is 3.68. The Morgan fingerprint density at radius 1 is 1.46 bits per heavy atom. The van der Waals surface area contributed by atoms with E-state index in [0.29, 0.717) is 5.06 Å². The summed E-state index contributed by atoms with van der Waals surface area (Å²) in [7, 11) is 0. The zero-order chi connectivity index (χ0) is 17.3. The molecule has 128 valence electrons. The van der Waals surface area contributed by atoms with Gasteiger partial charge in [0.15, 0.2) is 0 Å². The first kappa shape index (κ1) is 15.9. The van der Waals surface area contributed by atoms with Gasteiger partial charge in [-0.15, -0.1) is 0 Å². The zero-order valence-corrected chi connectivity index (χ0v) is 12.4. The maximum atomic E-state index is 12.4. The number of hydrogen-bond donors (Lipinski definition) is 2. The number of hydroxylamine groups is 2. The lowest BCUT2D eigenvalue weighted by Gasteiger charge is -2.30. The molecule has 11 heteroatoms. The van der Waals surface area contributed by atoms with Crippen molar-refractivity contribution in [3.05, 3.63) is 18.5 Å². The standard InChI is InChI=1S/C13H14N4O7/c18-9(6-16-5-1-4-14-16)15-8-7-23-17(11(8)20)13(12(21)22)3-2-10(19)24-13/h1,4-5,8H,2-3,6-7H2,(H,15,18)(H,21,22)/t8-,13?/m0/s1. The second kappa shape index (κ2) is 5.92. The lowest BCUT2D eigenvalue weighted by atomic mass is 10.1. The number of cyclic esters (lactones) is 1. The molecule has 2 aliphatic heterocycles. The number of nitrogens with one attached hydrogen (secondary N) is 1. The van der Waals surface area contributed by atoms with Crippen LogP contribution in [0.1, 0.15) is 12.8 Å². The molecule has 0 aliphatic carbocycles. The first-order chi connectivity index (χ1) is 11.4. The molecule has 2 fully saturated rings. The van der Waals surface area contributed by atoms with Crippen LogP contribution in [-0.4, -0.2) is 62.1 Å². The molecule has 11 nitrogen and oxygen atoms in total. The molecule has 3 heterocycles. The number of carboxylic acid groups (broad SMARTS) is 1. The summed E-state index contributed by atoms with van der Waals surface area (Å²) >= 11 is 0. The van der Waals surface area contributed by atoms with E-state index in [2.05, 4.69) is 10.4 Å². The molecule has 0 aromatic carbocycles. The molecular weight excluding hydrogens is 324 g/mol. The van der Waals surface area contributed by atoms with E-state index in [1.807, 2.05) is 0 Å². The molecule has 0 radical (unpaired) electrons. The molecule has 2 saturated heterocycles. The number of carbonyl (C=O) groups excluding carboxylic acids is 3. The molecule has 0 bridgehead atoms. The van der Waals surface area contributed by atoms with Gasteiger partial charge in [0.05, 0.1) is 6.42 Å². The van der Waals surface area contributed by atoms with Crippen molar-refractivity contribution in [2.75, 3.05) is 6.61 Å². The number of nitrogens with zero attached hydrogens (tertiary/aromatic N) is 3. The number of esters is 1. The molecule has 2 amide bonds. The quantitative estimate of drug-likeness (QED) is 0.603. The van der Waals surface area contributed by atoms with Gasteiger partial charge in [0.25, 0.3) is 5.91 Å². The van der Waals surface area contributed by atoms with E-state index in [1.54, 1.807) is 12.3 Å². The van der Waals surface area contributed by atoms with Gasteiger partial charge in [-0.05, 0) is 6.07 Å². The zero-order valence-electron chi connectivity index (χ0n) is 12.4. The number of ether oxygens (including phenoxy) is 1. The average Bonchev–Trinajstić information content (AvgIpc) is 3.22. The summed E-state index contributed by atoms with van der Waals surface area (Å²) < 4.78 is 6.18. The Bertz CT molecular complexity index is 689. The molecule has 2 aliphatic rings. The third kappa shape index (κ3) is 2.69. The van der Waals surface area contributed by atoms with Crippen LogP contribution < -0.4 is 5.32 Å². The van der Waals surface area contributed by atoms with Crippen molar-refractivity contribution >= 4 is 23.8 Å². The van der Waals surface area contributed by atoms with Gasteiger partial charge < -0.3 is 15.2 Å². The fraction of sp³-hybridized carbons (Fsp3) is 0.462. The number of carbonyl (C=O) groups is 4. The largest absolute Gasteiger partial charge is 0.477 e. The van der Waals surface area contributed by atoms with E-state index in [-0.39, 0.29) is 26.0 Å². The molecule has 0 spiro atoms. The highest BCUT2D eigenvalue weighted by atomic mass is 16.7. The van der Waals surface area contributed by atoms with Gasteiger partial charge in [-0.25, -0.2) is 4.79 Å². The van der Waals surface area contributed by atoms with Crippen LogP contribution in [0.3, 0.4) is 0 Å². The summed E-state index contributed by atoms with van der Waals surface area (Å²) in [5.74, 6) is -3.53. The SMILES string of the molecule is O=C(Cn1cccn1)N[C@H]1CON(C2(C(=O)O)CCC(=O)O2)C1=O. The van der Waals surface area contributed by atoms with Crippen molar-refractivity contribution in [2.45, 2.75) is 31.2 Å². The van der Waals surface area contributed by atoms with Crippen molar-refractivity contribution in [3.63, 3.8) is 0 Å². The van der Waals surface area contributed by atoms with Gasteiger partial charge in [-0.3, -0.25) is 23.9 Å². The van der Waals surface area contributed by atoms with Crippen LogP contribution >= 0.6 is 0 Å². The fourth-order valence-corrected chi connectivity index (χ4v) is 2.53. The van der Waals surface area contributed by atoms with Crippen molar-refractivity contribution < 1.29 is 33.9 Å². The lowest BCUT2D eigenvalue weighted by Crippen LogP contribution is -2.56. The van der Waals surface area contributed by atoms with Crippen LogP contribution in [0.25, 0.3) is 0 Å². The molecular formula is C13H14N4O7. The van der Waals surface area contributed by atoms with E-state index in [1.165, 1.54) is 10.9 Å². The summed E-state index contributed by atoms with van der Waals surface area (Å²) in [6, 6.07) is 0.577. The summed E-state index contributed by atoms with van der Waals surface area (Å²) in [4.78, 5) is 52.2. The van der Waals surface area contributed by atoms with E-state index < -0.39 is 35.5 Å². The van der Waals surface area contributed by atoms with E-state index in [4.69, 9.17) is 9.57 Å². The predicted octanol–water partition coefficient (Wildman–Crippen LogP) is -1.74. The van der Waals surface area contributed by atoms with Crippen LogP contribution in [0, 0.1) is 0 Å². The fourth-order valence-electron chi connectivity index (χ4n) is 2.53. The van der Waals surface area contributed by atoms with Crippen LogP contribution in [0.4, 0.5) is 0 Å². The highest BCUT2D eigenvalue weighted by Crippen LogP contribution is 2.33. The van der Waals surface area contributed by atoms with Crippen molar-refractivity contribution in [1.29, 1.82) is 0 Å². The van der Waals surface area contributed by atoms with Gasteiger partial charge in [0.2, 0.25) is 5.91 Å². The molecule has 3 rings (SSSR count). The van der Waals surface area contributed by atoms with Crippen LogP contribution in [-0.2, 0) is 35.3 Å². The van der Waals surface area contributed by atoms with Gasteiger partial charge in [0, 0.05) is 18.8 Å². The van der Waals surface area contributed by atoms with Crippen LogP contribution in [0.15, 0.2) is 18.5 Å². The minimum Gasteiger partial charge on any atom is -0.477 e. The molecule has 1 unspecified atom stereocenters. The Balaban J connectivity index is 1.67. The van der Waals surface area contributed by atoms with Crippen molar-refractivity contribution in [1.82, 2.24) is 20.2 Å². The topological polar surface area (TPSA) is 140 Å². The molecule has 1 aromatic heterocycles. The number of aliphatic carboxylic acids is 1. The molecule has 24 heavy (non-hydrogen) atoms. The number of hydrogen-bond acceptors (Lipinski definition) is 7. The molecule has 2 N–H and O–H groups in total. The van der Waals surface area contributed by atoms with Crippen LogP contribution in [0.2, 0.25) is 0 Å². The highest BCUT2D eigenvalue weighted by Gasteiger charge is 2.59. The average molecular weight is 338 g/mol. The Labute approximate surface area is 135 Å². The van der Waals surface area contributed by atoms with Crippen LogP contribution in [0.5, 0.6) is 0 Å². The summed E-state index contributed by atoms with van der Waals surface area (Å²) in [6.45, 7) is -0.355. The Hall–Kier alpha value is -2.95. The smallest absolute Gasteiger partial charge is 0.372 e. The second-order valence-corrected chi connectivity index (χ2v) is 5.32. The second-order valence-electron chi connectivity index (χ2n) is 5.32. The first-order valence-corrected chi connectivity index (χ1v) is 7.11. The monoisotopic (exact) mass is 338 g/mol. The number of amides is 2. The third-order valence-electron chi connectivity index (χ3n) is 3.68. The molecule has 0 saturated carbocycles. The Morgan fingerprint density at radius 3 is 2.83 bits per heavy atom. The first-order valence-electron chi connectivity index (χ1n) is 7.11. The van der Waals surface area contributed by atoms with Crippen molar-refractivity contribution in [2.24, 2.45) is 0 Å². The number of rotatable bonds is 5. The van der Waals surface area contributed by atoms with Gasteiger partial charge in [0.1, 0.15) is 19.2 Å². The minimum atomic E-state index is -2.18. The predicted molar refractivity (Wildman–Crippen MR) is 72.6 cm³/mol. The highest BCUT2D eigenvalue weighted by molar-refractivity contribution is 5.94.